The van der Waals surface area contributed by atoms with Crippen LogP contribution in [-0.2, 0) is 0 Å². The zero-order valence-electron chi connectivity index (χ0n) is 10.5. The van der Waals surface area contributed by atoms with Crippen molar-refractivity contribution < 1.29 is 0 Å². The third-order valence-electron chi connectivity index (χ3n) is 2.85. The molecule has 3 nitrogen and oxygen atoms in total. The Morgan fingerprint density at radius 1 is 0.632 bits per heavy atom. The molecule has 0 radical (unpaired) electrons. The summed E-state index contributed by atoms with van der Waals surface area (Å²) >= 11 is 0. The summed E-state index contributed by atoms with van der Waals surface area (Å²) in [4.78, 5) is 0. The van der Waals surface area contributed by atoms with Crippen molar-refractivity contribution in [1.82, 2.24) is 16.3 Å². The molecular weight excluding hydrogens is 234 g/mol. The highest BCUT2D eigenvalue weighted by Gasteiger charge is 2.07. The van der Waals surface area contributed by atoms with E-state index in [-0.39, 0.29) is 6.15 Å². The minimum atomic E-state index is 0. The van der Waals surface area contributed by atoms with Gasteiger partial charge in [-0.15, -0.1) is 5.10 Å². The molecule has 3 aromatic rings. The smallest absolute Gasteiger partial charge is 0.101 e. The fourth-order valence-electron chi connectivity index (χ4n) is 1.99. The molecule has 3 heteroatoms. The van der Waals surface area contributed by atoms with Gasteiger partial charge in [0.2, 0.25) is 0 Å². The molecule has 1 aromatic heterocycles. The zero-order valence-corrected chi connectivity index (χ0v) is 10.5. The fraction of sp³-hybridized carbons (Fsp3) is 0. The van der Waals surface area contributed by atoms with Gasteiger partial charge in [0.05, 0.1) is 6.20 Å². The lowest BCUT2D eigenvalue weighted by atomic mass is 10.0. The molecule has 0 saturated heterocycles. The van der Waals surface area contributed by atoms with Crippen LogP contribution in [0, 0.1) is 0 Å². The summed E-state index contributed by atoms with van der Waals surface area (Å²) in [6, 6.07) is 22.4. The van der Waals surface area contributed by atoms with E-state index >= 15 is 0 Å². The molecule has 3 N–H and O–H groups in total. The van der Waals surface area contributed by atoms with E-state index in [4.69, 9.17) is 0 Å². The molecule has 0 spiro atoms. The molecule has 19 heavy (non-hydrogen) atoms. The summed E-state index contributed by atoms with van der Waals surface area (Å²) in [5, 5.41) is 8.27. The van der Waals surface area contributed by atoms with Crippen molar-refractivity contribution in [2.24, 2.45) is 0 Å². The fourth-order valence-corrected chi connectivity index (χ4v) is 1.99. The normalized spacial score (nSPS) is 9.68. The molecule has 2 aromatic carbocycles. The third kappa shape index (κ3) is 2.67. The Kier molecular flexibility index (Phi) is 4.00. The molecule has 0 amide bonds. The molecule has 0 aliphatic heterocycles. The van der Waals surface area contributed by atoms with Crippen LogP contribution < -0.4 is 6.15 Å². The lowest BCUT2D eigenvalue weighted by Gasteiger charge is -2.07. The van der Waals surface area contributed by atoms with Crippen molar-refractivity contribution in [3.8, 4) is 22.4 Å². The highest BCUT2D eigenvalue weighted by atomic mass is 15.1. The maximum absolute atomic E-state index is 4.28. The highest BCUT2D eigenvalue weighted by molar-refractivity contribution is 5.79. The standard InChI is InChI=1S/C16H12N2.H3N/c1-3-7-13(8-4-1)15-11-12-17-18-16(15)14-9-5-2-6-10-14;/h1-12H;1H3. The molecule has 0 unspecified atom stereocenters. The number of aromatic nitrogens is 2. The summed E-state index contributed by atoms with van der Waals surface area (Å²) in [6.07, 6.45) is 1.73. The maximum atomic E-state index is 4.28. The first-order valence-electron chi connectivity index (χ1n) is 5.88. The molecule has 94 valence electrons. The Bertz CT molecular complexity index is 578. The first kappa shape index (κ1) is 12.9. The van der Waals surface area contributed by atoms with E-state index in [0.717, 1.165) is 22.4 Å². The SMILES string of the molecule is N.c1ccc(-c2ccnnc2-c2ccccc2)cc1. The average molecular weight is 249 g/mol. The monoisotopic (exact) mass is 249 g/mol. The molecule has 0 aliphatic rings. The van der Waals surface area contributed by atoms with Gasteiger partial charge in [-0.25, -0.2) is 0 Å². The quantitative estimate of drug-likeness (QED) is 0.747. The van der Waals surface area contributed by atoms with Crippen LogP contribution in [0.15, 0.2) is 72.9 Å². The molecular formula is C16H15N3. The van der Waals surface area contributed by atoms with E-state index in [9.17, 15) is 0 Å². The second-order valence-corrected chi connectivity index (χ2v) is 4.03. The van der Waals surface area contributed by atoms with Gasteiger partial charge in [0.1, 0.15) is 5.69 Å². The second-order valence-electron chi connectivity index (χ2n) is 4.03. The third-order valence-corrected chi connectivity index (χ3v) is 2.85. The van der Waals surface area contributed by atoms with Crippen LogP contribution in [0.4, 0.5) is 0 Å². The van der Waals surface area contributed by atoms with Crippen LogP contribution in [0.1, 0.15) is 0 Å². The van der Waals surface area contributed by atoms with E-state index in [1.807, 2.05) is 42.5 Å². The van der Waals surface area contributed by atoms with Gasteiger partial charge in [-0.3, -0.25) is 0 Å². The predicted octanol–water partition coefficient (Wildman–Crippen LogP) is 3.97. The van der Waals surface area contributed by atoms with E-state index in [1.165, 1.54) is 0 Å². The van der Waals surface area contributed by atoms with Crippen LogP contribution in [0.2, 0.25) is 0 Å². The Hall–Kier alpha value is -2.52. The second kappa shape index (κ2) is 5.89. The number of benzene rings is 2. The zero-order chi connectivity index (χ0) is 12.2. The Morgan fingerprint density at radius 3 is 1.84 bits per heavy atom. The highest BCUT2D eigenvalue weighted by Crippen LogP contribution is 2.28. The molecule has 0 aliphatic carbocycles. The van der Waals surface area contributed by atoms with E-state index in [1.54, 1.807) is 6.20 Å². The Balaban J connectivity index is 0.00000133. The minimum Gasteiger partial charge on any atom is -0.344 e. The van der Waals surface area contributed by atoms with Crippen molar-refractivity contribution in [2.45, 2.75) is 0 Å². The van der Waals surface area contributed by atoms with Crippen molar-refractivity contribution in [3.05, 3.63) is 72.9 Å². The molecule has 1 heterocycles. The average Bonchev–Trinajstić information content (AvgIpc) is 2.49. The van der Waals surface area contributed by atoms with Crippen molar-refractivity contribution in [2.75, 3.05) is 0 Å². The summed E-state index contributed by atoms with van der Waals surface area (Å²) in [5.74, 6) is 0. The molecule has 0 saturated carbocycles. The Morgan fingerprint density at radius 2 is 1.21 bits per heavy atom. The maximum Gasteiger partial charge on any atom is 0.101 e. The van der Waals surface area contributed by atoms with Gasteiger partial charge in [-0.05, 0) is 11.6 Å². The summed E-state index contributed by atoms with van der Waals surface area (Å²) in [7, 11) is 0. The summed E-state index contributed by atoms with van der Waals surface area (Å²) in [6.45, 7) is 0. The van der Waals surface area contributed by atoms with Crippen LogP contribution in [-0.4, -0.2) is 10.2 Å². The van der Waals surface area contributed by atoms with Gasteiger partial charge >= 0.3 is 0 Å². The van der Waals surface area contributed by atoms with Crippen LogP contribution >= 0.6 is 0 Å². The van der Waals surface area contributed by atoms with Gasteiger partial charge in [0.15, 0.2) is 0 Å². The predicted molar refractivity (Wildman–Crippen MR) is 77.9 cm³/mol. The largest absolute Gasteiger partial charge is 0.344 e. The first-order valence-corrected chi connectivity index (χ1v) is 5.88. The van der Waals surface area contributed by atoms with Gasteiger partial charge in [0.25, 0.3) is 0 Å². The first-order chi connectivity index (χ1) is 8.95. The number of rotatable bonds is 2. The van der Waals surface area contributed by atoms with Gasteiger partial charge in [0, 0.05) is 11.1 Å². The minimum absolute atomic E-state index is 0. The van der Waals surface area contributed by atoms with Gasteiger partial charge < -0.3 is 6.15 Å². The topological polar surface area (TPSA) is 60.8 Å². The lowest BCUT2D eigenvalue weighted by molar-refractivity contribution is 1.04. The van der Waals surface area contributed by atoms with Crippen molar-refractivity contribution >= 4 is 0 Å². The van der Waals surface area contributed by atoms with Crippen LogP contribution in [0.3, 0.4) is 0 Å². The Labute approximate surface area is 112 Å². The van der Waals surface area contributed by atoms with Gasteiger partial charge in [-0.1, -0.05) is 60.7 Å². The number of nitrogens with zero attached hydrogens (tertiary/aromatic N) is 2. The summed E-state index contributed by atoms with van der Waals surface area (Å²) in [5.41, 5.74) is 4.27. The molecule has 3 rings (SSSR count). The van der Waals surface area contributed by atoms with Crippen LogP contribution in [0.5, 0.6) is 0 Å². The lowest BCUT2D eigenvalue weighted by Crippen LogP contribution is -1.91. The van der Waals surface area contributed by atoms with Crippen molar-refractivity contribution in [1.29, 1.82) is 0 Å². The molecule has 0 bridgehead atoms. The summed E-state index contributed by atoms with van der Waals surface area (Å²) < 4.78 is 0. The van der Waals surface area contributed by atoms with E-state index in [0.29, 0.717) is 0 Å². The van der Waals surface area contributed by atoms with E-state index < -0.39 is 0 Å². The van der Waals surface area contributed by atoms with Gasteiger partial charge in [-0.2, -0.15) is 5.10 Å². The van der Waals surface area contributed by atoms with Crippen LogP contribution in [0.25, 0.3) is 22.4 Å². The number of hydrogen-bond donors (Lipinski definition) is 1. The number of hydrogen-bond acceptors (Lipinski definition) is 3. The van der Waals surface area contributed by atoms with E-state index in [2.05, 4.69) is 34.5 Å². The molecule has 0 fully saturated rings. The molecule has 0 atom stereocenters. The van der Waals surface area contributed by atoms with Crippen molar-refractivity contribution in [3.63, 3.8) is 0 Å².